The Morgan fingerprint density at radius 2 is 2.07 bits per heavy atom. The lowest BCUT2D eigenvalue weighted by Gasteiger charge is -2.13. The average Bonchev–Trinajstić information content (AvgIpc) is 3.51. The molecule has 1 atom stereocenters. The van der Waals surface area contributed by atoms with Gasteiger partial charge < -0.3 is 14.0 Å². The monoisotopic (exact) mass is 393 g/mol. The SMILES string of the molecule is CCn1c(-c2ccc(NS(=O)C3CC3)c(C)c2)c(C#N)c2ccc(OC)cc21. The van der Waals surface area contributed by atoms with Gasteiger partial charge in [0.15, 0.2) is 0 Å². The van der Waals surface area contributed by atoms with Gasteiger partial charge in [-0.1, -0.05) is 6.07 Å². The summed E-state index contributed by atoms with van der Waals surface area (Å²) in [6, 6.07) is 14.2. The molecule has 1 fully saturated rings. The first-order valence-electron chi connectivity index (χ1n) is 9.46. The largest absolute Gasteiger partial charge is 0.497 e. The summed E-state index contributed by atoms with van der Waals surface area (Å²) in [5.74, 6) is 0.772. The first-order valence-corrected chi connectivity index (χ1v) is 10.7. The number of methoxy groups -OCH3 is 1. The van der Waals surface area contributed by atoms with Gasteiger partial charge in [0.25, 0.3) is 0 Å². The third-order valence-electron chi connectivity index (χ3n) is 5.24. The lowest BCUT2D eigenvalue weighted by atomic mass is 10.0. The van der Waals surface area contributed by atoms with Gasteiger partial charge in [0.1, 0.15) is 22.8 Å². The third-order valence-corrected chi connectivity index (χ3v) is 6.74. The molecule has 1 aliphatic carbocycles. The normalized spacial score (nSPS) is 14.6. The van der Waals surface area contributed by atoms with E-state index in [1.54, 1.807) is 7.11 Å². The standard InChI is InChI=1S/C22H23N3O2S/c1-4-25-21-12-16(27-3)6-9-18(21)19(13-23)22(25)15-5-10-20(14(2)11-15)24-28(26)17-7-8-17/h5-6,9-12,17,24H,4,7-8H2,1-3H3. The number of benzene rings is 2. The molecular formula is C22H23N3O2S. The highest BCUT2D eigenvalue weighted by atomic mass is 32.2. The maximum atomic E-state index is 12.2. The second kappa shape index (κ2) is 7.33. The Kier molecular flexibility index (Phi) is 4.86. The highest BCUT2D eigenvalue weighted by Crippen LogP contribution is 2.37. The summed E-state index contributed by atoms with van der Waals surface area (Å²) in [4.78, 5) is 0. The summed E-state index contributed by atoms with van der Waals surface area (Å²) in [5.41, 5.74) is 5.44. The van der Waals surface area contributed by atoms with Crippen LogP contribution in [0.1, 0.15) is 30.9 Å². The number of nitrogens with zero attached hydrogens (tertiary/aromatic N) is 2. The van der Waals surface area contributed by atoms with Gasteiger partial charge in [-0.15, -0.1) is 0 Å². The predicted molar refractivity (Wildman–Crippen MR) is 114 cm³/mol. The number of anilines is 1. The highest BCUT2D eigenvalue weighted by molar-refractivity contribution is 7.87. The number of rotatable bonds is 6. The Morgan fingerprint density at radius 3 is 2.68 bits per heavy atom. The smallest absolute Gasteiger partial charge is 0.120 e. The van der Waals surface area contributed by atoms with Crippen molar-refractivity contribution in [3.05, 3.63) is 47.5 Å². The van der Waals surface area contributed by atoms with Crippen molar-refractivity contribution in [2.45, 2.75) is 38.5 Å². The van der Waals surface area contributed by atoms with Gasteiger partial charge >= 0.3 is 0 Å². The fraction of sp³-hybridized carbons (Fsp3) is 0.318. The van der Waals surface area contributed by atoms with Gasteiger partial charge in [0.05, 0.1) is 29.1 Å². The predicted octanol–water partition coefficient (Wildman–Crippen LogP) is 4.75. The Morgan fingerprint density at radius 1 is 1.29 bits per heavy atom. The lowest BCUT2D eigenvalue weighted by molar-refractivity contribution is 0.415. The number of fused-ring (bicyclic) bond motifs is 1. The minimum Gasteiger partial charge on any atom is -0.497 e. The maximum absolute atomic E-state index is 12.2. The minimum absolute atomic E-state index is 0.280. The number of hydrogen-bond donors (Lipinski definition) is 1. The number of nitrogens with one attached hydrogen (secondary N) is 1. The van der Waals surface area contributed by atoms with E-state index in [1.165, 1.54) is 0 Å². The van der Waals surface area contributed by atoms with E-state index >= 15 is 0 Å². The van der Waals surface area contributed by atoms with Gasteiger partial charge in [-0.05, 0) is 62.1 Å². The Labute approximate surface area is 167 Å². The van der Waals surface area contributed by atoms with Crippen LogP contribution >= 0.6 is 0 Å². The summed E-state index contributed by atoms with van der Waals surface area (Å²) in [6.07, 6.45) is 2.06. The van der Waals surface area contributed by atoms with Crippen LogP contribution in [0, 0.1) is 18.3 Å². The molecule has 1 heterocycles. The molecule has 0 bridgehead atoms. The van der Waals surface area contributed by atoms with Gasteiger partial charge in [0.2, 0.25) is 0 Å². The Hall–Kier alpha value is -2.78. The van der Waals surface area contributed by atoms with Crippen molar-refractivity contribution in [3.8, 4) is 23.1 Å². The Balaban J connectivity index is 1.83. The van der Waals surface area contributed by atoms with Crippen LogP contribution in [-0.2, 0) is 17.5 Å². The van der Waals surface area contributed by atoms with Crippen molar-refractivity contribution >= 4 is 27.6 Å². The first-order chi connectivity index (χ1) is 13.6. The van der Waals surface area contributed by atoms with Crippen LogP contribution in [0.15, 0.2) is 36.4 Å². The van der Waals surface area contributed by atoms with Crippen molar-refractivity contribution in [3.63, 3.8) is 0 Å². The van der Waals surface area contributed by atoms with E-state index in [4.69, 9.17) is 4.74 Å². The zero-order valence-corrected chi connectivity index (χ0v) is 17.1. The fourth-order valence-electron chi connectivity index (χ4n) is 3.60. The van der Waals surface area contributed by atoms with Crippen LogP contribution in [0.4, 0.5) is 5.69 Å². The molecular weight excluding hydrogens is 370 g/mol. The molecule has 1 aliphatic rings. The number of hydrogen-bond acceptors (Lipinski definition) is 3. The van der Waals surface area contributed by atoms with Gasteiger partial charge in [-0.25, -0.2) is 4.21 Å². The lowest BCUT2D eigenvalue weighted by Crippen LogP contribution is -2.09. The molecule has 0 radical (unpaired) electrons. The van der Waals surface area contributed by atoms with E-state index in [0.29, 0.717) is 5.56 Å². The number of aryl methyl sites for hydroxylation is 2. The van der Waals surface area contributed by atoms with Crippen molar-refractivity contribution < 1.29 is 8.95 Å². The summed E-state index contributed by atoms with van der Waals surface area (Å²) < 4.78 is 22.9. The molecule has 0 spiro atoms. The minimum atomic E-state index is -1.02. The summed E-state index contributed by atoms with van der Waals surface area (Å²) in [6.45, 7) is 4.82. The van der Waals surface area contributed by atoms with E-state index in [2.05, 4.69) is 28.3 Å². The van der Waals surface area contributed by atoms with Crippen molar-refractivity contribution in [2.75, 3.05) is 11.8 Å². The Bertz CT molecular complexity index is 1120. The van der Waals surface area contributed by atoms with Crippen molar-refractivity contribution in [1.29, 1.82) is 5.26 Å². The van der Waals surface area contributed by atoms with Gasteiger partial charge in [-0.3, -0.25) is 0 Å². The number of nitriles is 1. The van der Waals surface area contributed by atoms with Crippen LogP contribution in [0.5, 0.6) is 5.75 Å². The van der Waals surface area contributed by atoms with Gasteiger partial charge in [-0.2, -0.15) is 5.26 Å². The summed E-state index contributed by atoms with van der Waals surface area (Å²) >= 11 is 0. The molecule has 0 saturated heterocycles. The van der Waals surface area contributed by atoms with Crippen molar-refractivity contribution in [1.82, 2.24) is 4.57 Å². The molecule has 1 saturated carbocycles. The van der Waals surface area contributed by atoms with E-state index in [-0.39, 0.29) is 5.25 Å². The highest BCUT2D eigenvalue weighted by Gasteiger charge is 2.29. The maximum Gasteiger partial charge on any atom is 0.120 e. The van der Waals surface area contributed by atoms with Crippen LogP contribution in [0.3, 0.4) is 0 Å². The molecule has 28 heavy (non-hydrogen) atoms. The quantitative estimate of drug-likeness (QED) is 0.657. The molecule has 2 aromatic carbocycles. The summed E-state index contributed by atoms with van der Waals surface area (Å²) in [5, 5.41) is 11.1. The number of aromatic nitrogens is 1. The third kappa shape index (κ3) is 3.16. The molecule has 0 aliphatic heterocycles. The molecule has 1 N–H and O–H groups in total. The van der Waals surface area contributed by atoms with Crippen LogP contribution in [-0.4, -0.2) is 21.1 Å². The molecule has 1 aromatic heterocycles. The molecule has 144 valence electrons. The van der Waals surface area contributed by atoms with Gasteiger partial charge in [0, 0.05) is 23.7 Å². The molecule has 5 nitrogen and oxygen atoms in total. The van der Waals surface area contributed by atoms with E-state index in [0.717, 1.165) is 58.5 Å². The van der Waals surface area contributed by atoms with Crippen molar-refractivity contribution in [2.24, 2.45) is 0 Å². The van der Waals surface area contributed by atoms with E-state index < -0.39 is 11.0 Å². The molecule has 3 aromatic rings. The van der Waals surface area contributed by atoms with E-state index in [1.807, 2.05) is 37.3 Å². The zero-order chi connectivity index (χ0) is 19.8. The molecule has 6 heteroatoms. The average molecular weight is 394 g/mol. The zero-order valence-electron chi connectivity index (χ0n) is 16.3. The molecule has 1 unspecified atom stereocenters. The topological polar surface area (TPSA) is 67.0 Å². The second-order valence-electron chi connectivity index (χ2n) is 7.09. The van der Waals surface area contributed by atoms with Crippen LogP contribution in [0.2, 0.25) is 0 Å². The number of ether oxygens (including phenoxy) is 1. The fourth-order valence-corrected chi connectivity index (χ4v) is 4.77. The first kappa shape index (κ1) is 18.6. The second-order valence-corrected chi connectivity index (χ2v) is 8.56. The van der Waals surface area contributed by atoms with Crippen LogP contribution in [0.25, 0.3) is 22.2 Å². The molecule has 0 amide bonds. The van der Waals surface area contributed by atoms with E-state index in [9.17, 15) is 9.47 Å². The summed E-state index contributed by atoms with van der Waals surface area (Å²) in [7, 11) is 0.623. The molecule has 4 rings (SSSR count). The van der Waals surface area contributed by atoms with Crippen LogP contribution < -0.4 is 9.46 Å².